The van der Waals surface area contributed by atoms with E-state index in [1.165, 1.54) is 71.3 Å². The lowest BCUT2D eigenvalue weighted by atomic mass is 9.89. The zero-order chi connectivity index (χ0) is 48.4. The summed E-state index contributed by atoms with van der Waals surface area (Å²) in [4.78, 5) is 44.9. The molecule has 1 amide bonds. The second kappa shape index (κ2) is 25.5. The standard InChI is InChI=1S/C45H51F3N5O12PS/c1-5-21-60-66(57,61-22-6-2)65-36-17-19-52(20-18-36)41(54)15-16-42(55)62-32(4)63-44(56)64-45(28-53-30-50-29-51-53,38-14-13-35(46)24-40(38)48)31(3)67-37-26-58-43(59-27-37)10-8-7-9-34-12-11-33(25-49)23-39(34)47/h5-14,23-24,29-32,36-37,43H,1-2,15-22,26-28H2,3-4H3/b9-7+,10-8+/t31-,32?,37?,43?,45-/m1/s1. The summed E-state index contributed by atoms with van der Waals surface area (Å²) >= 11 is 1.22. The van der Waals surface area contributed by atoms with E-state index in [0.717, 1.165) is 18.2 Å². The molecule has 0 bridgehead atoms. The van der Waals surface area contributed by atoms with Crippen LogP contribution in [0.25, 0.3) is 6.08 Å². The molecule has 360 valence electrons. The fraction of sp³-hybridized carbons (Fsp3) is 0.422. The van der Waals surface area contributed by atoms with Crippen LogP contribution in [0.4, 0.5) is 18.0 Å². The fourth-order valence-corrected chi connectivity index (χ4v) is 9.56. The summed E-state index contributed by atoms with van der Waals surface area (Å²) in [6.45, 7) is 10.3. The number of phosphoric acid groups is 1. The Morgan fingerprint density at radius 2 is 1.72 bits per heavy atom. The van der Waals surface area contributed by atoms with Gasteiger partial charge in [0.1, 0.15) is 30.1 Å². The van der Waals surface area contributed by atoms with Crippen LogP contribution >= 0.6 is 19.6 Å². The van der Waals surface area contributed by atoms with E-state index in [1.54, 1.807) is 25.2 Å². The molecule has 2 aromatic carbocycles. The van der Waals surface area contributed by atoms with Gasteiger partial charge in [0.25, 0.3) is 0 Å². The summed E-state index contributed by atoms with van der Waals surface area (Å²) in [5, 5.41) is 11.8. The number of aromatic nitrogens is 3. The average Bonchev–Trinajstić information content (AvgIpc) is 3.82. The molecule has 2 aliphatic heterocycles. The number of ether oxygens (including phenoxy) is 5. The Bertz CT molecular complexity index is 2300. The number of phosphoric ester groups is 1. The zero-order valence-corrected chi connectivity index (χ0v) is 38.5. The van der Waals surface area contributed by atoms with Crippen molar-refractivity contribution in [1.29, 1.82) is 5.26 Å². The number of esters is 1. The maximum atomic E-state index is 15.9. The molecule has 2 fully saturated rings. The zero-order valence-electron chi connectivity index (χ0n) is 36.8. The van der Waals surface area contributed by atoms with Gasteiger partial charge in [0.15, 0.2) is 11.9 Å². The van der Waals surface area contributed by atoms with Crippen molar-refractivity contribution in [2.45, 2.75) is 80.9 Å². The van der Waals surface area contributed by atoms with Gasteiger partial charge in [0.05, 0.1) is 62.4 Å². The molecule has 3 atom stereocenters. The lowest BCUT2D eigenvalue weighted by Crippen LogP contribution is -2.47. The Labute approximate surface area is 390 Å². The number of hydrogen-bond donors (Lipinski definition) is 0. The van der Waals surface area contributed by atoms with Gasteiger partial charge < -0.3 is 28.6 Å². The van der Waals surface area contributed by atoms with Crippen molar-refractivity contribution in [3.8, 4) is 6.07 Å². The second-order valence-corrected chi connectivity index (χ2v) is 18.2. The first kappa shape index (κ1) is 52.4. The predicted molar refractivity (Wildman–Crippen MR) is 237 cm³/mol. The van der Waals surface area contributed by atoms with Gasteiger partial charge in [0, 0.05) is 48.9 Å². The molecule has 67 heavy (non-hydrogen) atoms. The SMILES string of the molecule is C=CCOP(=O)(OCC=C)OC1CCN(C(=O)CCC(=O)OC(C)OC(=O)O[C@@](Cn2cncn2)(c2ccc(F)cc2F)[C@@H](C)SC2COC(/C=C/C=C/c3ccc(C#N)cc3F)OC2)CC1. The van der Waals surface area contributed by atoms with Gasteiger partial charge in [-0.05, 0) is 50.1 Å². The molecule has 0 aliphatic carbocycles. The number of benzene rings is 2. The van der Waals surface area contributed by atoms with Gasteiger partial charge in [-0.25, -0.2) is 32.2 Å². The topological polar surface area (TPSA) is 200 Å². The molecule has 1 unspecified atom stereocenters. The molecule has 0 spiro atoms. The van der Waals surface area contributed by atoms with E-state index >= 15 is 4.39 Å². The van der Waals surface area contributed by atoms with Crippen molar-refractivity contribution in [2.24, 2.45) is 0 Å². The van der Waals surface area contributed by atoms with Crippen LogP contribution in [0.15, 0.2) is 92.6 Å². The number of carbonyl (C=O) groups is 3. The molecule has 0 N–H and O–H groups in total. The third-order valence-corrected chi connectivity index (χ3v) is 13.1. The Morgan fingerprint density at radius 3 is 2.34 bits per heavy atom. The highest BCUT2D eigenvalue weighted by atomic mass is 32.2. The number of amides is 1. The van der Waals surface area contributed by atoms with Crippen LogP contribution in [0, 0.1) is 28.8 Å². The Hall–Kier alpha value is -5.59. The fourth-order valence-electron chi connectivity index (χ4n) is 6.85. The molecular weight excluding hydrogens is 923 g/mol. The Kier molecular flexibility index (Phi) is 19.9. The number of nitriles is 1. The quantitative estimate of drug-likeness (QED) is 0.0291. The first-order valence-corrected chi connectivity index (χ1v) is 23.4. The first-order valence-electron chi connectivity index (χ1n) is 21.0. The molecule has 0 radical (unpaired) electrons. The van der Waals surface area contributed by atoms with E-state index in [9.17, 15) is 27.7 Å². The molecule has 1 aromatic heterocycles. The summed E-state index contributed by atoms with van der Waals surface area (Å²) in [6, 6.07) is 8.81. The van der Waals surface area contributed by atoms with Crippen LogP contribution < -0.4 is 0 Å². The monoisotopic (exact) mass is 973 g/mol. The summed E-state index contributed by atoms with van der Waals surface area (Å²) in [7, 11) is -3.90. The molecule has 22 heteroatoms. The van der Waals surface area contributed by atoms with Gasteiger partial charge in [-0.15, -0.1) is 24.9 Å². The normalized spacial score (nSPS) is 18.7. The highest BCUT2D eigenvalue weighted by Gasteiger charge is 2.47. The maximum Gasteiger partial charge on any atom is 0.512 e. The summed E-state index contributed by atoms with van der Waals surface area (Å²) < 4.78 is 103. The van der Waals surface area contributed by atoms with Crippen molar-refractivity contribution in [3.63, 3.8) is 0 Å². The van der Waals surface area contributed by atoms with Crippen molar-refractivity contribution < 1.29 is 69.4 Å². The number of likely N-dealkylation sites (tertiary alicyclic amines) is 1. The van der Waals surface area contributed by atoms with Crippen LogP contribution in [0.2, 0.25) is 0 Å². The summed E-state index contributed by atoms with van der Waals surface area (Å²) in [5.41, 5.74) is -1.70. The van der Waals surface area contributed by atoms with E-state index < -0.39 is 72.2 Å². The lowest BCUT2D eigenvalue weighted by molar-refractivity contribution is -0.172. The van der Waals surface area contributed by atoms with E-state index in [0.29, 0.717) is 18.9 Å². The average molecular weight is 974 g/mol. The number of carbonyl (C=O) groups excluding carboxylic acids is 3. The predicted octanol–water partition coefficient (Wildman–Crippen LogP) is 7.94. The molecule has 2 saturated heterocycles. The van der Waals surface area contributed by atoms with Crippen LogP contribution in [-0.4, -0.2) is 106 Å². The van der Waals surface area contributed by atoms with Gasteiger partial charge in [0.2, 0.25) is 12.2 Å². The third-order valence-electron chi connectivity index (χ3n) is 10.1. The number of halogens is 3. The molecule has 3 aromatic rings. The van der Waals surface area contributed by atoms with E-state index in [1.807, 2.05) is 6.07 Å². The van der Waals surface area contributed by atoms with E-state index in [4.69, 9.17) is 42.5 Å². The molecule has 2 aliphatic rings. The lowest BCUT2D eigenvalue weighted by Gasteiger charge is -2.40. The van der Waals surface area contributed by atoms with Crippen LogP contribution in [0.5, 0.6) is 0 Å². The minimum atomic E-state index is -3.90. The number of hydrogen-bond acceptors (Lipinski definition) is 16. The van der Waals surface area contributed by atoms with E-state index in [-0.39, 0.29) is 81.5 Å². The third kappa shape index (κ3) is 15.7. The van der Waals surface area contributed by atoms with Crippen LogP contribution in [0.1, 0.15) is 56.2 Å². The molecule has 17 nitrogen and oxygen atoms in total. The number of rotatable bonds is 23. The highest BCUT2D eigenvalue weighted by molar-refractivity contribution is 8.00. The Balaban J connectivity index is 1.17. The van der Waals surface area contributed by atoms with Crippen molar-refractivity contribution in [1.82, 2.24) is 19.7 Å². The number of piperidine rings is 1. The summed E-state index contributed by atoms with van der Waals surface area (Å²) in [6.07, 6.45) is 7.57. The first-order chi connectivity index (χ1) is 32.1. The van der Waals surface area contributed by atoms with Crippen LogP contribution in [-0.2, 0) is 63.6 Å². The molecule has 0 saturated carbocycles. The minimum Gasteiger partial charge on any atom is -0.425 e. The van der Waals surface area contributed by atoms with Crippen molar-refractivity contribution >= 4 is 43.7 Å². The number of thioether (sulfide) groups is 1. The van der Waals surface area contributed by atoms with Gasteiger partial charge in [-0.2, -0.15) is 10.4 Å². The molecule has 5 rings (SSSR count). The largest absolute Gasteiger partial charge is 0.512 e. The maximum absolute atomic E-state index is 15.9. The minimum absolute atomic E-state index is 0.0594. The van der Waals surface area contributed by atoms with E-state index in [2.05, 4.69) is 23.2 Å². The smallest absolute Gasteiger partial charge is 0.425 e. The summed E-state index contributed by atoms with van der Waals surface area (Å²) in [5.74, 6) is -3.68. The van der Waals surface area contributed by atoms with Gasteiger partial charge in [-0.1, -0.05) is 36.4 Å². The van der Waals surface area contributed by atoms with Gasteiger partial charge in [-0.3, -0.25) is 23.2 Å². The Morgan fingerprint density at radius 1 is 1.00 bits per heavy atom. The number of nitrogens with zero attached hydrogens (tertiary/aromatic N) is 5. The van der Waals surface area contributed by atoms with Crippen molar-refractivity contribution in [2.75, 3.05) is 39.5 Å². The second-order valence-electron chi connectivity index (χ2n) is 15.0. The van der Waals surface area contributed by atoms with Crippen molar-refractivity contribution in [3.05, 3.63) is 127 Å². The molecular formula is C45H51F3N5O12PS. The van der Waals surface area contributed by atoms with Crippen LogP contribution in [0.3, 0.4) is 0 Å². The van der Waals surface area contributed by atoms with Gasteiger partial charge >= 0.3 is 19.9 Å². The highest BCUT2D eigenvalue weighted by Crippen LogP contribution is 2.51. The number of allylic oxidation sites excluding steroid dienone is 2. The molecule has 3 heterocycles.